The predicted octanol–water partition coefficient (Wildman–Crippen LogP) is 5.95. The van der Waals surface area contributed by atoms with Crippen molar-refractivity contribution in [2.75, 3.05) is 6.54 Å². The third-order valence-corrected chi connectivity index (χ3v) is 6.55. The van der Waals surface area contributed by atoms with Crippen molar-refractivity contribution in [3.05, 3.63) is 81.8 Å². The Labute approximate surface area is 267 Å². The molecule has 11 heteroatoms. The zero-order valence-corrected chi connectivity index (χ0v) is 26.3. The van der Waals surface area contributed by atoms with Crippen molar-refractivity contribution in [2.24, 2.45) is 5.73 Å². The lowest BCUT2D eigenvalue weighted by Gasteiger charge is -2.10. The van der Waals surface area contributed by atoms with E-state index in [0.29, 0.717) is 22.6 Å². The Balaban J connectivity index is 0.000000719. The maximum Gasteiger partial charge on any atom is 0.446 e. The standard InChI is InChI=1S/C15H20N2O.C13H11N3O4.C5H13N.CH4/c1-3-4-5-6-7-14(18)15(17-16)13-10-8-12(2)9-11-13;1-8-2-4-9(5-3-8)12(15-14)13(19)20-16-10(17)6-7-11(16)18;1-2-3-4-5-6;/h8-11H,3-7H2,1-2H3;2-5H,6-7H2,1H3;2-6H2,1H3;1H4. The molecule has 0 atom stereocenters. The van der Waals surface area contributed by atoms with Crippen LogP contribution in [0.2, 0.25) is 0 Å². The number of carbonyl (C=O) groups excluding carboxylic acids is 4. The fraction of sp³-hybridized carbons (Fsp3) is 0.471. The monoisotopic (exact) mass is 620 g/mol. The van der Waals surface area contributed by atoms with Crippen LogP contribution in [0.4, 0.5) is 0 Å². The number of rotatable bonds is 13. The molecule has 1 aliphatic rings. The minimum atomic E-state index is -1.07. The fourth-order valence-corrected chi connectivity index (χ4v) is 3.92. The van der Waals surface area contributed by atoms with E-state index >= 15 is 0 Å². The highest BCUT2D eigenvalue weighted by molar-refractivity contribution is 6.43. The molecule has 1 aliphatic heterocycles. The van der Waals surface area contributed by atoms with Crippen molar-refractivity contribution in [1.82, 2.24) is 5.06 Å². The van der Waals surface area contributed by atoms with Gasteiger partial charge < -0.3 is 21.6 Å². The molecule has 1 fully saturated rings. The van der Waals surface area contributed by atoms with Crippen LogP contribution in [0.5, 0.6) is 0 Å². The van der Waals surface area contributed by atoms with Crippen LogP contribution in [0.25, 0.3) is 11.1 Å². The summed E-state index contributed by atoms with van der Waals surface area (Å²) < 4.78 is 0. The van der Waals surface area contributed by atoms with Gasteiger partial charge in [0.25, 0.3) is 11.8 Å². The number of hydrogen-bond acceptors (Lipinski definition) is 6. The number of amides is 2. The molecule has 0 bridgehead atoms. The lowest BCUT2D eigenvalue weighted by molar-refractivity contribution is -0.194. The van der Waals surface area contributed by atoms with Gasteiger partial charge in [0.05, 0.1) is 11.1 Å². The molecule has 2 aromatic carbocycles. The summed E-state index contributed by atoms with van der Waals surface area (Å²) >= 11 is 0. The number of carbonyl (C=O) groups is 4. The summed E-state index contributed by atoms with van der Waals surface area (Å²) in [6.45, 7) is 9.00. The van der Waals surface area contributed by atoms with E-state index in [0.717, 1.165) is 43.4 Å². The van der Waals surface area contributed by atoms with E-state index in [1.165, 1.54) is 19.3 Å². The van der Waals surface area contributed by atoms with Crippen molar-refractivity contribution in [3.63, 3.8) is 0 Å². The highest BCUT2D eigenvalue weighted by Gasteiger charge is 2.36. The molecule has 0 aromatic heterocycles. The number of hydrogen-bond donors (Lipinski definition) is 1. The molecular weight excluding hydrogens is 572 g/mol. The Bertz CT molecular complexity index is 1320. The number of nitrogens with two attached hydrogens (primary N) is 1. The summed E-state index contributed by atoms with van der Waals surface area (Å²) in [5, 5.41) is 0.404. The van der Waals surface area contributed by atoms with Crippen LogP contribution >= 0.6 is 0 Å². The third-order valence-electron chi connectivity index (χ3n) is 6.55. The fourth-order valence-electron chi connectivity index (χ4n) is 3.92. The second-order valence-corrected chi connectivity index (χ2v) is 10.3. The molecule has 2 aromatic rings. The number of ketones is 1. The first kappa shape index (κ1) is 40.4. The van der Waals surface area contributed by atoms with Gasteiger partial charge in [0.15, 0.2) is 0 Å². The van der Waals surface area contributed by atoms with Crippen LogP contribution in [0.3, 0.4) is 0 Å². The highest BCUT2D eigenvalue weighted by Crippen LogP contribution is 2.13. The summed E-state index contributed by atoms with van der Waals surface area (Å²) in [6, 6.07) is 14.0. The van der Waals surface area contributed by atoms with Gasteiger partial charge >= 0.3 is 17.4 Å². The lowest BCUT2D eigenvalue weighted by atomic mass is 10.0. The van der Waals surface area contributed by atoms with Gasteiger partial charge in [-0.1, -0.05) is 88.8 Å². The van der Waals surface area contributed by atoms with Crippen molar-refractivity contribution in [1.29, 1.82) is 0 Å². The zero-order chi connectivity index (χ0) is 32.9. The quantitative estimate of drug-likeness (QED) is 0.0950. The number of benzene rings is 2. The van der Waals surface area contributed by atoms with Gasteiger partial charge in [0, 0.05) is 19.3 Å². The molecule has 0 spiro atoms. The highest BCUT2D eigenvalue weighted by atomic mass is 16.7. The molecule has 2 N–H and O–H groups in total. The SMILES string of the molecule is C.CCCCCCC(=O)C(=[N+]=[N-])c1ccc(C)cc1.CCCCCN.Cc1ccc(C(=[N+]=[N-])C(=O)ON2C(=O)CCC2=O)cc1. The minimum absolute atomic E-state index is 0. The number of hydroxylamine groups is 2. The van der Waals surface area contributed by atoms with Gasteiger partial charge in [-0.05, 0) is 57.5 Å². The second-order valence-electron chi connectivity index (χ2n) is 10.3. The average molecular weight is 621 g/mol. The van der Waals surface area contributed by atoms with Gasteiger partial charge in [-0.2, -0.15) is 9.58 Å². The summed E-state index contributed by atoms with van der Waals surface area (Å²) in [4.78, 5) is 57.2. The van der Waals surface area contributed by atoms with Gasteiger partial charge in [-0.3, -0.25) is 14.4 Å². The first-order valence-electron chi connectivity index (χ1n) is 15.0. The van der Waals surface area contributed by atoms with Gasteiger partial charge in [0.1, 0.15) is 0 Å². The van der Waals surface area contributed by atoms with Crippen LogP contribution in [-0.2, 0) is 24.0 Å². The van der Waals surface area contributed by atoms with Crippen molar-refractivity contribution >= 4 is 35.0 Å². The first-order valence-corrected chi connectivity index (χ1v) is 15.0. The molecule has 1 saturated heterocycles. The summed E-state index contributed by atoms with van der Waals surface area (Å²) in [7, 11) is 0. The topological polar surface area (TPSA) is 180 Å². The summed E-state index contributed by atoms with van der Waals surface area (Å²) in [6.07, 6.45) is 8.41. The average Bonchev–Trinajstić information content (AvgIpc) is 3.33. The molecule has 45 heavy (non-hydrogen) atoms. The predicted molar refractivity (Wildman–Crippen MR) is 174 cm³/mol. The van der Waals surface area contributed by atoms with E-state index < -0.39 is 17.8 Å². The van der Waals surface area contributed by atoms with E-state index in [2.05, 4.69) is 28.3 Å². The molecule has 0 saturated carbocycles. The smallest absolute Gasteiger partial charge is 0.361 e. The third kappa shape index (κ3) is 14.6. The van der Waals surface area contributed by atoms with E-state index in [9.17, 15) is 19.2 Å². The van der Waals surface area contributed by atoms with Crippen LogP contribution in [-0.4, -0.2) is 56.2 Å². The number of aryl methyl sites for hydroxylation is 2. The van der Waals surface area contributed by atoms with Crippen LogP contribution < -0.4 is 5.73 Å². The number of unbranched alkanes of at least 4 members (excludes halogenated alkanes) is 5. The van der Waals surface area contributed by atoms with Crippen LogP contribution in [0.1, 0.15) is 108 Å². The van der Waals surface area contributed by atoms with Gasteiger partial charge in [-0.25, -0.2) is 4.79 Å². The Kier molecular flexibility index (Phi) is 20.6. The Morgan fingerprint density at radius 3 is 1.60 bits per heavy atom. The zero-order valence-electron chi connectivity index (χ0n) is 26.3. The van der Waals surface area contributed by atoms with E-state index in [1.807, 2.05) is 38.1 Å². The molecule has 2 amide bonds. The molecule has 0 radical (unpaired) electrons. The Morgan fingerprint density at radius 2 is 1.20 bits per heavy atom. The van der Waals surface area contributed by atoms with Gasteiger partial charge in [-0.15, -0.1) is 5.06 Å². The van der Waals surface area contributed by atoms with Crippen molar-refractivity contribution in [3.8, 4) is 0 Å². The minimum Gasteiger partial charge on any atom is -0.361 e. The Hall–Kier alpha value is -4.56. The van der Waals surface area contributed by atoms with Crippen molar-refractivity contribution < 1.29 is 33.6 Å². The normalized spacial score (nSPS) is 11.4. The molecule has 0 unspecified atom stereocenters. The van der Waals surface area contributed by atoms with Crippen LogP contribution in [0, 0.1) is 13.8 Å². The summed E-state index contributed by atoms with van der Waals surface area (Å²) in [5.74, 6) is -2.34. The second kappa shape index (κ2) is 22.9. The van der Waals surface area contributed by atoms with Crippen molar-refractivity contribution in [2.45, 2.75) is 99.3 Å². The number of nitrogens with zero attached hydrogens (tertiary/aromatic N) is 5. The maximum absolute atomic E-state index is 11.9. The molecule has 3 rings (SSSR count). The molecular formula is C34H48N6O5. The van der Waals surface area contributed by atoms with Gasteiger partial charge in [0.2, 0.25) is 5.78 Å². The van der Waals surface area contributed by atoms with E-state index in [-0.39, 0.29) is 37.5 Å². The molecule has 1 heterocycles. The molecule has 11 nitrogen and oxygen atoms in total. The largest absolute Gasteiger partial charge is 0.446 e. The molecule has 244 valence electrons. The number of imide groups is 1. The molecule has 0 aliphatic carbocycles. The van der Waals surface area contributed by atoms with E-state index in [4.69, 9.17) is 16.8 Å². The van der Waals surface area contributed by atoms with Crippen LogP contribution in [0.15, 0.2) is 48.5 Å². The Morgan fingerprint density at radius 1 is 0.756 bits per heavy atom. The maximum atomic E-state index is 11.9. The van der Waals surface area contributed by atoms with E-state index in [1.54, 1.807) is 24.3 Å². The first-order chi connectivity index (χ1) is 21.1. The number of Topliss-reactive ketones (excluding diaryl/α,β-unsaturated/α-hetero) is 1. The summed E-state index contributed by atoms with van der Waals surface area (Å²) in [5.41, 5.74) is 26.0. The lowest BCUT2D eigenvalue weighted by Crippen LogP contribution is -2.35.